The predicted molar refractivity (Wildman–Crippen MR) is 62.1 cm³/mol. The Balaban J connectivity index is 3.42. The van der Waals surface area contributed by atoms with Crippen LogP contribution in [0.15, 0.2) is 0 Å². The van der Waals surface area contributed by atoms with Crippen molar-refractivity contribution in [1.82, 2.24) is 0 Å². The number of hydrogen-bond donors (Lipinski definition) is 0. The van der Waals surface area contributed by atoms with Crippen molar-refractivity contribution in [3.63, 3.8) is 0 Å². The number of rotatable bonds is 7. The molecule has 0 spiro atoms. The molecule has 0 radical (unpaired) electrons. The lowest BCUT2D eigenvalue weighted by atomic mass is 9.98. The molecule has 13 heavy (non-hydrogen) atoms. The lowest BCUT2D eigenvalue weighted by Gasteiger charge is -2.13. The Morgan fingerprint density at radius 3 is 2.38 bits per heavy atom. The minimum Gasteiger partial charge on any atom is -0.487 e. The van der Waals surface area contributed by atoms with Crippen molar-refractivity contribution in [2.24, 2.45) is 5.92 Å². The zero-order chi connectivity index (χ0) is 10.1. The van der Waals surface area contributed by atoms with Crippen molar-refractivity contribution >= 4 is 17.3 Å². The van der Waals surface area contributed by atoms with Gasteiger partial charge in [-0.05, 0) is 24.6 Å². The van der Waals surface area contributed by atoms with E-state index in [1.807, 2.05) is 6.92 Å². The van der Waals surface area contributed by atoms with Gasteiger partial charge in [0.1, 0.15) is 0 Å². The smallest absolute Gasteiger partial charge is 0.159 e. The first-order valence-corrected chi connectivity index (χ1v) is 5.80. The summed E-state index contributed by atoms with van der Waals surface area (Å²) in [4.78, 5) is 0. The van der Waals surface area contributed by atoms with E-state index in [1.54, 1.807) is 0 Å². The molecule has 2 heteroatoms. The van der Waals surface area contributed by atoms with Crippen LogP contribution < -0.4 is 0 Å². The predicted octanol–water partition coefficient (Wildman–Crippen LogP) is 3.96. The highest BCUT2D eigenvalue weighted by Crippen LogP contribution is 2.15. The molecule has 0 amide bonds. The van der Waals surface area contributed by atoms with E-state index in [4.69, 9.17) is 17.0 Å². The lowest BCUT2D eigenvalue weighted by Crippen LogP contribution is -2.07. The zero-order valence-electron chi connectivity index (χ0n) is 9.14. The van der Waals surface area contributed by atoms with E-state index >= 15 is 0 Å². The molecule has 0 aliphatic rings. The maximum atomic E-state index is 5.40. The average molecular weight is 202 g/mol. The van der Waals surface area contributed by atoms with E-state index < -0.39 is 0 Å². The molecule has 0 aromatic heterocycles. The van der Waals surface area contributed by atoms with Gasteiger partial charge < -0.3 is 4.74 Å². The number of hydrogen-bond acceptors (Lipinski definition) is 2. The molecule has 0 aromatic carbocycles. The van der Waals surface area contributed by atoms with Gasteiger partial charge in [-0.3, -0.25) is 0 Å². The summed E-state index contributed by atoms with van der Waals surface area (Å²) in [6, 6.07) is 0. The summed E-state index contributed by atoms with van der Waals surface area (Å²) < 4.78 is 5.40. The third-order valence-electron chi connectivity index (χ3n) is 2.35. The van der Waals surface area contributed by atoms with Crippen LogP contribution in [0.1, 0.15) is 52.9 Å². The largest absolute Gasteiger partial charge is 0.487 e. The second-order valence-corrected chi connectivity index (χ2v) is 3.88. The average Bonchev–Trinajstić information content (AvgIpc) is 2.16. The van der Waals surface area contributed by atoms with Crippen molar-refractivity contribution in [2.45, 2.75) is 52.9 Å². The Morgan fingerprint density at radius 2 is 1.92 bits per heavy atom. The van der Waals surface area contributed by atoms with Gasteiger partial charge in [-0.2, -0.15) is 0 Å². The maximum absolute atomic E-state index is 5.40. The highest BCUT2D eigenvalue weighted by molar-refractivity contribution is 7.80. The van der Waals surface area contributed by atoms with Gasteiger partial charge in [0.2, 0.25) is 0 Å². The van der Waals surface area contributed by atoms with E-state index in [0.29, 0.717) is 0 Å². The normalized spacial score (nSPS) is 12.5. The van der Waals surface area contributed by atoms with Crippen LogP contribution in [-0.4, -0.2) is 11.7 Å². The Labute approximate surface area is 87.9 Å². The van der Waals surface area contributed by atoms with Crippen LogP contribution in [0.5, 0.6) is 0 Å². The molecule has 78 valence electrons. The zero-order valence-corrected chi connectivity index (χ0v) is 9.95. The minimum atomic E-state index is 0.756. The van der Waals surface area contributed by atoms with E-state index in [1.165, 1.54) is 19.3 Å². The molecule has 0 aliphatic carbocycles. The Bertz CT molecular complexity index is 134. The van der Waals surface area contributed by atoms with Gasteiger partial charge in [0.05, 0.1) is 6.61 Å². The molecule has 1 atom stereocenters. The third-order valence-corrected chi connectivity index (χ3v) is 2.76. The maximum Gasteiger partial charge on any atom is 0.159 e. The Morgan fingerprint density at radius 1 is 1.23 bits per heavy atom. The van der Waals surface area contributed by atoms with Crippen LogP contribution in [-0.2, 0) is 4.74 Å². The summed E-state index contributed by atoms with van der Waals surface area (Å²) in [5.74, 6) is 0.824. The van der Waals surface area contributed by atoms with Crippen molar-refractivity contribution in [3.05, 3.63) is 0 Å². The van der Waals surface area contributed by atoms with Crippen molar-refractivity contribution in [1.29, 1.82) is 0 Å². The molecule has 0 aromatic rings. The minimum absolute atomic E-state index is 0.756. The monoisotopic (exact) mass is 202 g/mol. The third kappa shape index (κ3) is 7.00. The highest BCUT2D eigenvalue weighted by Gasteiger charge is 2.05. The van der Waals surface area contributed by atoms with Crippen LogP contribution in [0.4, 0.5) is 0 Å². The molecule has 0 rings (SSSR count). The quantitative estimate of drug-likeness (QED) is 0.578. The van der Waals surface area contributed by atoms with Gasteiger partial charge in [0, 0.05) is 6.42 Å². The second kappa shape index (κ2) is 8.49. The summed E-state index contributed by atoms with van der Waals surface area (Å²) in [7, 11) is 0. The fourth-order valence-electron chi connectivity index (χ4n) is 1.40. The van der Waals surface area contributed by atoms with Crippen LogP contribution in [0.3, 0.4) is 0 Å². The van der Waals surface area contributed by atoms with E-state index in [9.17, 15) is 0 Å². The Kier molecular flexibility index (Phi) is 8.41. The molecule has 0 bridgehead atoms. The molecule has 0 aliphatic heterocycles. The van der Waals surface area contributed by atoms with Crippen molar-refractivity contribution < 1.29 is 4.74 Å². The van der Waals surface area contributed by atoms with Crippen molar-refractivity contribution in [3.8, 4) is 0 Å². The van der Waals surface area contributed by atoms with E-state index in [2.05, 4.69) is 13.8 Å². The topological polar surface area (TPSA) is 9.23 Å². The van der Waals surface area contributed by atoms with Crippen molar-refractivity contribution in [2.75, 3.05) is 6.61 Å². The molecule has 0 fully saturated rings. The lowest BCUT2D eigenvalue weighted by molar-refractivity contribution is 0.258. The summed E-state index contributed by atoms with van der Waals surface area (Å²) in [6.07, 6.45) is 5.87. The van der Waals surface area contributed by atoms with Gasteiger partial charge in [-0.1, -0.05) is 40.0 Å². The molecule has 1 nitrogen and oxygen atoms in total. The number of thiocarbonyl (C=S) groups is 1. The molecule has 0 heterocycles. The van der Waals surface area contributed by atoms with Gasteiger partial charge in [0.15, 0.2) is 5.05 Å². The number of ether oxygens (including phenoxy) is 1. The van der Waals surface area contributed by atoms with Crippen LogP contribution in [0.2, 0.25) is 0 Å². The molecule has 0 saturated heterocycles. The van der Waals surface area contributed by atoms with Gasteiger partial charge in [-0.15, -0.1) is 0 Å². The fourth-order valence-corrected chi connectivity index (χ4v) is 1.49. The molecule has 1 unspecified atom stereocenters. The first kappa shape index (κ1) is 12.9. The standard InChI is InChI=1S/C11H22OS/c1-4-7-10(5-2)8-9-12-11(13)6-3/h10H,4-9H2,1-3H3. The summed E-state index contributed by atoms with van der Waals surface area (Å²) >= 11 is 4.99. The highest BCUT2D eigenvalue weighted by atomic mass is 32.1. The van der Waals surface area contributed by atoms with Crippen LogP contribution in [0, 0.1) is 5.92 Å². The first-order valence-electron chi connectivity index (χ1n) is 5.40. The molecular weight excluding hydrogens is 180 g/mol. The van der Waals surface area contributed by atoms with Crippen LogP contribution >= 0.6 is 12.2 Å². The summed E-state index contributed by atoms with van der Waals surface area (Å²) in [6.45, 7) is 7.33. The summed E-state index contributed by atoms with van der Waals surface area (Å²) in [5.41, 5.74) is 0. The van der Waals surface area contributed by atoms with E-state index in [0.717, 1.165) is 30.4 Å². The molecular formula is C11H22OS. The SMILES string of the molecule is CCCC(CC)CCOC(=S)CC. The first-order chi connectivity index (χ1) is 6.24. The van der Waals surface area contributed by atoms with Gasteiger partial charge in [0.25, 0.3) is 0 Å². The Hall–Kier alpha value is -0.110. The second-order valence-electron chi connectivity index (χ2n) is 3.43. The van der Waals surface area contributed by atoms with Crippen LogP contribution in [0.25, 0.3) is 0 Å². The molecule has 0 N–H and O–H groups in total. The van der Waals surface area contributed by atoms with Gasteiger partial charge >= 0.3 is 0 Å². The fraction of sp³-hybridized carbons (Fsp3) is 0.909. The molecule has 0 saturated carbocycles. The van der Waals surface area contributed by atoms with Gasteiger partial charge in [-0.25, -0.2) is 0 Å². The van der Waals surface area contributed by atoms with E-state index in [-0.39, 0.29) is 0 Å². The summed E-state index contributed by atoms with van der Waals surface area (Å²) in [5, 5.41) is 0.756.